The van der Waals surface area contributed by atoms with Crippen LogP contribution in [0.2, 0.25) is 0 Å². The molecule has 1 N–H and O–H groups in total. The van der Waals surface area contributed by atoms with E-state index in [-0.39, 0.29) is 5.75 Å². The monoisotopic (exact) mass is 290 g/mol. The minimum Gasteiger partial charge on any atom is -0.489 e. The highest BCUT2D eigenvalue weighted by Gasteiger charge is 2.04. The van der Waals surface area contributed by atoms with Gasteiger partial charge in [-0.15, -0.1) is 0 Å². The highest BCUT2D eigenvalue weighted by molar-refractivity contribution is 5.85. The smallest absolute Gasteiger partial charge is 0.328 e. The summed E-state index contributed by atoms with van der Waals surface area (Å²) in [5.74, 6) is -0.593. The molecule has 0 aliphatic rings. The molecule has 0 unspecified atom stereocenters. The van der Waals surface area contributed by atoms with Crippen LogP contribution in [0.3, 0.4) is 0 Å². The van der Waals surface area contributed by atoms with Crippen LogP contribution in [0.1, 0.15) is 11.4 Å². The minimum absolute atomic E-state index is 0.139. The van der Waals surface area contributed by atoms with Gasteiger partial charge in [-0.05, 0) is 30.7 Å². The number of hydrogen-bond acceptors (Lipinski definition) is 3. The Morgan fingerprint density at radius 3 is 2.95 bits per heavy atom. The van der Waals surface area contributed by atoms with Crippen molar-refractivity contribution in [3.05, 3.63) is 53.9 Å². The summed E-state index contributed by atoms with van der Waals surface area (Å²) >= 11 is 0. The van der Waals surface area contributed by atoms with Gasteiger partial charge in [-0.25, -0.2) is 14.2 Å². The maximum Gasteiger partial charge on any atom is 0.328 e. The fraction of sp³-hybridized carbons (Fsp3) is 0.200. The van der Waals surface area contributed by atoms with Crippen LogP contribution in [0.25, 0.3) is 6.08 Å². The first-order valence-corrected chi connectivity index (χ1v) is 6.37. The number of halogens is 1. The number of nitrogens with zero attached hydrogens (tertiary/aromatic N) is 2. The van der Waals surface area contributed by atoms with Gasteiger partial charge >= 0.3 is 5.97 Å². The summed E-state index contributed by atoms with van der Waals surface area (Å²) in [4.78, 5) is 14.5. The molecule has 0 saturated heterocycles. The molecule has 21 heavy (non-hydrogen) atoms. The van der Waals surface area contributed by atoms with Crippen LogP contribution in [-0.4, -0.2) is 27.2 Å². The van der Waals surface area contributed by atoms with E-state index in [1.165, 1.54) is 18.2 Å². The Hall–Kier alpha value is -2.63. The average molecular weight is 290 g/mol. The molecule has 0 aliphatic heterocycles. The standard InChI is InChI=1S/C15H15FN2O3/c1-11-17-6-7-18(11)8-9-21-14-4-2-12(10-13(14)16)3-5-15(19)20/h2-7,10H,8-9H2,1H3,(H,19,20)/b5-3+. The Morgan fingerprint density at radius 2 is 2.33 bits per heavy atom. The fourth-order valence-electron chi connectivity index (χ4n) is 1.80. The van der Waals surface area contributed by atoms with Gasteiger partial charge in [0.15, 0.2) is 11.6 Å². The highest BCUT2D eigenvalue weighted by Crippen LogP contribution is 2.19. The van der Waals surface area contributed by atoms with E-state index in [4.69, 9.17) is 9.84 Å². The number of carboxylic acids is 1. The molecule has 1 aromatic heterocycles. The summed E-state index contributed by atoms with van der Waals surface area (Å²) in [7, 11) is 0. The van der Waals surface area contributed by atoms with Gasteiger partial charge in [0.1, 0.15) is 12.4 Å². The number of aliphatic carboxylic acids is 1. The molecule has 0 spiro atoms. The Balaban J connectivity index is 1.95. The normalized spacial score (nSPS) is 11.0. The zero-order valence-corrected chi connectivity index (χ0v) is 11.5. The van der Waals surface area contributed by atoms with E-state index in [1.807, 2.05) is 17.7 Å². The van der Waals surface area contributed by atoms with E-state index >= 15 is 0 Å². The molecule has 0 amide bonds. The summed E-state index contributed by atoms with van der Waals surface area (Å²) in [6.07, 6.45) is 5.80. The van der Waals surface area contributed by atoms with Crippen LogP contribution in [-0.2, 0) is 11.3 Å². The van der Waals surface area contributed by atoms with Crippen molar-refractivity contribution >= 4 is 12.0 Å². The second kappa shape index (κ2) is 6.69. The molecule has 5 nitrogen and oxygen atoms in total. The molecule has 1 aromatic carbocycles. The van der Waals surface area contributed by atoms with Gasteiger partial charge in [-0.1, -0.05) is 6.07 Å². The SMILES string of the molecule is Cc1nccn1CCOc1ccc(/C=C/C(=O)O)cc1F. The van der Waals surface area contributed by atoms with Crippen LogP contribution in [0.4, 0.5) is 4.39 Å². The van der Waals surface area contributed by atoms with Gasteiger partial charge in [-0.3, -0.25) is 0 Å². The van der Waals surface area contributed by atoms with Crippen molar-refractivity contribution in [2.45, 2.75) is 13.5 Å². The summed E-state index contributed by atoms with van der Waals surface area (Å²) in [6, 6.07) is 4.31. The van der Waals surface area contributed by atoms with E-state index in [1.54, 1.807) is 12.3 Å². The lowest BCUT2D eigenvalue weighted by atomic mass is 10.2. The lowest BCUT2D eigenvalue weighted by molar-refractivity contribution is -0.131. The van der Waals surface area contributed by atoms with Gasteiger partial charge in [0.05, 0.1) is 6.54 Å². The molecule has 6 heteroatoms. The van der Waals surface area contributed by atoms with Crippen LogP contribution in [0.5, 0.6) is 5.75 Å². The van der Waals surface area contributed by atoms with Crippen molar-refractivity contribution in [2.24, 2.45) is 0 Å². The number of carboxylic acid groups (broad SMARTS) is 1. The van der Waals surface area contributed by atoms with Gasteiger partial charge < -0.3 is 14.4 Å². The molecular formula is C15H15FN2O3. The van der Waals surface area contributed by atoms with Crippen LogP contribution >= 0.6 is 0 Å². The first-order valence-electron chi connectivity index (χ1n) is 6.37. The second-order valence-corrected chi connectivity index (χ2v) is 4.38. The molecule has 2 aromatic rings. The van der Waals surface area contributed by atoms with Crippen LogP contribution < -0.4 is 4.74 Å². The van der Waals surface area contributed by atoms with Crippen molar-refractivity contribution in [3.63, 3.8) is 0 Å². The summed E-state index contributed by atoms with van der Waals surface area (Å²) in [5, 5.41) is 8.52. The quantitative estimate of drug-likeness (QED) is 0.830. The number of ether oxygens (including phenoxy) is 1. The van der Waals surface area contributed by atoms with E-state index < -0.39 is 11.8 Å². The number of aromatic nitrogens is 2. The maximum atomic E-state index is 13.8. The lowest BCUT2D eigenvalue weighted by Crippen LogP contribution is -2.09. The first kappa shape index (κ1) is 14.8. The number of benzene rings is 1. The van der Waals surface area contributed by atoms with E-state index in [0.717, 1.165) is 11.9 Å². The number of hydrogen-bond donors (Lipinski definition) is 1. The Morgan fingerprint density at radius 1 is 1.52 bits per heavy atom. The summed E-state index contributed by atoms with van der Waals surface area (Å²) in [6.45, 7) is 2.77. The third-order valence-corrected chi connectivity index (χ3v) is 2.89. The van der Waals surface area contributed by atoms with Crippen LogP contribution in [0, 0.1) is 12.7 Å². The zero-order valence-electron chi connectivity index (χ0n) is 11.5. The van der Waals surface area contributed by atoms with Crippen molar-refractivity contribution in [1.82, 2.24) is 9.55 Å². The Labute approximate surface area is 121 Å². The molecule has 0 fully saturated rings. The average Bonchev–Trinajstić information content (AvgIpc) is 2.84. The molecule has 0 radical (unpaired) electrons. The van der Waals surface area contributed by atoms with Crippen molar-refractivity contribution in [2.75, 3.05) is 6.61 Å². The van der Waals surface area contributed by atoms with Gasteiger partial charge in [-0.2, -0.15) is 0 Å². The molecule has 110 valence electrons. The number of imidazole rings is 1. The molecule has 1 heterocycles. The predicted molar refractivity (Wildman–Crippen MR) is 75.5 cm³/mol. The highest BCUT2D eigenvalue weighted by atomic mass is 19.1. The molecular weight excluding hydrogens is 275 g/mol. The predicted octanol–water partition coefficient (Wildman–Crippen LogP) is 2.51. The van der Waals surface area contributed by atoms with Crippen LogP contribution in [0.15, 0.2) is 36.7 Å². The second-order valence-electron chi connectivity index (χ2n) is 4.38. The van der Waals surface area contributed by atoms with Crippen molar-refractivity contribution < 1.29 is 19.0 Å². The minimum atomic E-state index is -1.08. The van der Waals surface area contributed by atoms with Crippen molar-refractivity contribution in [3.8, 4) is 5.75 Å². The fourth-order valence-corrected chi connectivity index (χ4v) is 1.80. The van der Waals surface area contributed by atoms with Gasteiger partial charge in [0.25, 0.3) is 0 Å². The van der Waals surface area contributed by atoms with Gasteiger partial charge in [0.2, 0.25) is 0 Å². The Kier molecular flexibility index (Phi) is 4.71. The lowest BCUT2D eigenvalue weighted by Gasteiger charge is -2.09. The Bertz CT molecular complexity index is 665. The maximum absolute atomic E-state index is 13.8. The summed E-state index contributed by atoms with van der Waals surface area (Å²) < 4.78 is 21.1. The largest absolute Gasteiger partial charge is 0.489 e. The zero-order chi connectivity index (χ0) is 15.2. The number of aryl methyl sites for hydroxylation is 1. The van der Waals surface area contributed by atoms with E-state index in [9.17, 15) is 9.18 Å². The molecule has 0 atom stereocenters. The van der Waals surface area contributed by atoms with Gasteiger partial charge in [0, 0.05) is 18.5 Å². The number of rotatable bonds is 6. The summed E-state index contributed by atoms with van der Waals surface area (Å²) in [5.41, 5.74) is 0.465. The first-order chi connectivity index (χ1) is 10.1. The third kappa shape index (κ3) is 4.17. The number of carbonyl (C=O) groups is 1. The molecule has 0 aliphatic carbocycles. The van der Waals surface area contributed by atoms with Crippen molar-refractivity contribution in [1.29, 1.82) is 0 Å². The molecule has 0 saturated carbocycles. The van der Waals surface area contributed by atoms with E-state index in [0.29, 0.717) is 18.7 Å². The topological polar surface area (TPSA) is 64.4 Å². The third-order valence-electron chi connectivity index (χ3n) is 2.89. The molecule has 2 rings (SSSR count). The molecule has 0 bridgehead atoms. The van der Waals surface area contributed by atoms with E-state index in [2.05, 4.69) is 4.98 Å².